The first-order valence-corrected chi connectivity index (χ1v) is 4.92. The van der Waals surface area contributed by atoms with Gasteiger partial charge in [0.05, 0.1) is 5.56 Å². The minimum absolute atomic E-state index is 0.0748. The van der Waals surface area contributed by atoms with Gasteiger partial charge in [-0.25, -0.2) is 9.97 Å². The summed E-state index contributed by atoms with van der Waals surface area (Å²) in [6.07, 6.45) is 4.43. The fourth-order valence-corrected chi connectivity index (χ4v) is 1.55. The molecule has 2 aromatic rings. The van der Waals surface area contributed by atoms with E-state index in [2.05, 4.69) is 15.0 Å². The number of hydrogen-bond donors (Lipinski definition) is 0. The van der Waals surface area contributed by atoms with Crippen LogP contribution in [0.3, 0.4) is 0 Å². The van der Waals surface area contributed by atoms with Crippen molar-refractivity contribution in [1.82, 2.24) is 15.0 Å². The first-order valence-electron chi connectivity index (χ1n) is 4.92. The molecular formula is C12H11N3O. The van der Waals surface area contributed by atoms with E-state index in [4.69, 9.17) is 0 Å². The molecular weight excluding hydrogens is 202 g/mol. The number of aryl methyl sites for hydroxylation is 2. The molecule has 4 heteroatoms. The highest BCUT2D eigenvalue weighted by molar-refractivity contribution is 6.08. The number of pyridine rings is 1. The monoisotopic (exact) mass is 213 g/mol. The molecule has 0 radical (unpaired) electrons. The largest absolute Gasteiger partial charge is 0.288 e. The molecule has 2 heterocycles. The average molecular weight is 213 g/mol. The Labute approximate surface area is 93.4 Å². The first kappa shape index (κ1) is 10.4. The van der Waals surface area contributed by atoms with E-state index < -0.39 is 0 Å². The van der Waals surface area contributed by atoms with Gasteiger partial charge in [-0.05, 0) is 26.0 Å². The molecule has 0 fully saturated rings. The second-order valence-corrected chi connectivity index (χ2v) is 3.59. The summed E-state index contributed by atoms with van der Waals surface area (Å²) in [6.45, 7) is 3.73. The normalized spacial score (nSPS) is 10.1. The van der Waals surface area contributed by atoms with Crippen LogP contribution in [0.4, 0.5) is 0 Å². The van der Waals surface area contributed by atoms with Gasteiger partial charge >= 0.3 is 0 Å². The molecule has 0 spiro atoms. The zero-order valence-electron chi connectivity index (χ0n) is 9.14. The van der Waals surface area contributed by atoms with E-state index in [0.29, 0.717) is 11.1 Å². The Bertz CT molecular complexity index is 503. The summed E-state index contributed by atoms with van der Waals surface area (Å²) in [5, 5.41) is 0. The summed E-state index contributed by atoms with van der Waals surface area (Å²) in [6, 6.07) is 3.53. The molecule has 0 aromatic carbocycles. The lowest BCUT2D eigenvalue weighted by Gasteiger charge is -2.02. The predicted octanol–water partition coefficient (Wildman–Crippen LogP) is 1.72. The number of hydrogen-bond acceptors (Lipinski definition) is 4. The van der Waals surface area contributed by atoms with E-state index in [0.717, 1.165) is 11.4 Å². The van der Waals surface area contributed by atoms with Gasteiger partial charge in [0.15, 0.2) is 5.78 Å². The SMILES string of the molecule is Cc1cc(C(=O)c2cncnc2)cc(C)n1. The highest BCUT2D eigenvalue weighted by Gasteiger charge is 2.10. The summed E-state index contributed by atoms with van der Waals surface area (Å²) in [5.41, 5.74) is 2.78. The van der Waals surface area contributed by atoms with Crippen molar-refractivity contribution in [3.8, 4) is 0 Å². The molecule has 16 heavy (non-hydrogen) atoms. The van der Waals surface area contributed by atoms with Crippen molar-refractivity contribution in [2.75, 3.05) is 0 Å². The smallest absolute Gasteiger partial charge is 0.196 e. The van der Waals surface area contributed by atoms with Crippen molar-refractivity contribution in [2.24, 2.45) is 0 Å². The number of aromatic nitrogens is 3. The Hall–Kier alpha value is -2.10. The fourth-order valence-electron chi connectivity index (χ4n) is 1.55. The van der Waals surface area contributed by atoms with Crippen LogP contribution in [0.15, 0.2) is 30.9 Å². The molecule has 80 valence electrons. The molecule has 0 aliphatic rings. The molecule has 0 saturated heterocycles. The molecule has 0 unspecified atom stereocenters. The Kier molecular flexibility index (Phi) is 2.72. The topological polar surface area (TPSA) is 55.7 Å². The lowest BCUT2D eigenvalue weighted by molar-refractivity contribution is 0.103. The summed E-state index contributed by atoms with van der Waals surface area (Å²) in [4.78, 5) is 23.9. The van der Waals surface area contributed by atoms with Crippen LogP contribution in [0.25, 0.3) is 0 Å². The van der Waals surface area contributed by atoms with Crippen molar-refractivity contribution in [1.29, 1.82) is 0 Å². The van der Waals surface area contributed by atoms with Crippen LogP contribution >= 0.6 is 0 Å². The number of rotatable bonds is 2. The average Bonchev–Trinajstić information content (AvgIpc) is 2.28. The Morgan fingerprint density at radius 3 is 2.12 bits per heavy atom. The molecule has 0 N–H and O–H groups in total. The molecule has 0 atom stereocenters. The van der Waals surface area contributed by atoms with Crippen LogP contribution in [-0.2, 0) is 0 Å². The number of nitrogens with zero attached hydrogens (tertiary/aromatic N) is 3. The van der Waals surface area contributed by atoms with Gasteiger partial charge in [-0.1, -0.05) is 0 Å². The summed E-state index contributed by atoms with van der Waals surface area (Å²) < 4.78 is 0. The molecule has 0 saturated carbocycles. The van der Waals surface area contributed by atoms with Crippen molar-refractivity contribution in [3.63, 3.8) is 0 Å². The fraction of sp³-hybridized carbons (Fsp3) is 0.167. The number of ketones is 1. The van der Waals surface area contributed by atoms with Crippen molar-refractivity contribution in [2.45, 2.75) is 13.8 Å². The summed E-state index contributed by atoms with van der Waals surface area (Å²) in [7, 11) is 0. The predicted molar refractivity (Wildman–Crippen MR) is 59.2 cm³/mol. The molecule has 2 aromatic heterocycles. The van der Waals surface area contributed by atoms with E-state index in [-0.39, 0.29) is 5.78 Å². The maximum atomic E-state index is 12.0. The van der Waals surface area contributed by atoms with Gasteiger partial charge < -0.3 is 0 Å². The van der Waals surface area contributed by atoms with E-state index in [1.165, 1.54) is 18.7 Å². The lowest BCUT2D eigenvalue weighted by atomic mass is 10.1. The van der Waals surface area contributed by atoms with Crippen molar-refractivity contribution >= 4 is 5.78 Å². The molecule has 4 nitrogen and oxygen atoms in total. The second kappa shape index (κ2) is 4.18. The van der Waals surface area contributed by atoms with Crippen LogP contribution in [0.5, 0.6) is 0 Å². The van der Waals surface area contributed by atoms with Gasteiger partial charge in [0, 0.05) is 29.3 Å². The van der Waals surface area contributed by atoms with Gasteiger partial charge in [0.1, 0.15) is 6.33 Å². The maximum absolute atomic E-state index is 12.0. The van der Waals surface area contributed by atoms with Gasteiger partial charge in [0.25, 0.3) is 0 Å². The molecule has 0 aliphatic heterocycles. The Balaban J connectivity index is 2.42. The van der Waals surface area contributed by atoms with E-state index in [1.807, 2.05) is 13.8 Å². The third kappa shape index (κ3) is 2.11. The molecule has 0 amide bonds. The van der Waals surface area contributed by atoms with E-state index in [9.17, 15) is 4.79 Å². The van der Waals surface area contributed by atoms with Crippen LogP contribution < -0.4 is 0 Å². The number of carbonyl (C=O) groups is 1. The highest BCUT2D eigenvalue weighted by atomic mass is 16.1. The van der Waals surface area contributed by atoms with Gasteiger partial charge in [-0.3, -0.25) is 9.78 Å². The summed E-state index contributed by atoms with van der Waals surface area (Å²) >= 11 is 0. The first-order chi connectivity index (χ1) is 7.66. The third-order valence-electron chi connectivity index (χ3n) is 2.17. The minimum Gasteiger partial charge on any atom is -0.288 e. The zero-order chi connectivity index (χ0) is 11.5. The highest BCUT2D eigenvalue weighted by Crippen LogP contribution is 2.10. The maximum Gasteiger partial charge on any atom is 0.196 e. The Morgan fingerprint density at radius 2 is 1.56 bits per heavy atom. The number of carbonyl (C=O) groups excluding carboxylic acids is 1. The summed E-state index contributed by atoms with van der Waals surface area (Å²) in [5.74, 6) is -0.0748. The molecule has 0 bridgehead atoms. The second-order valence-electron chi connectivity index (χ2n) is 3.59. The van der Waals surface area contributed by atoms with Gasteiger partial charge in [-0.2, -0.15) is 0 Å². The van der Waals surface area contributed by atoms with E-state index >= 15 is 0 Å². The Morgan fingerprint density at radius 1 is 1.00 bits per heavy atom. The quantitative estimate of drug-likeness (QED) is 0.713. The third-order valence-corrected chi connectivity index (χ3v) is 2.17. The molecule has 2 rings (SSSR count). The zero-order valence-corrected chi connectivity index (χ0v) is 9.14. The van der Waals surface area contributed by atoms with E-state index in [1.54, 1.807) is 12.1 Å². The van der Waals surface area contributed by atoms with Crippen molar-refractivity contribution in [3.05, 3.63) is 53.4 Å². The standard InChI is InChI=1S/C12H11N3O/c1-8-3-10(4-9(2)15-8)12(16)11-5-13-7-14-6-11/h3-7H,1-2H3. The molecule has 0 aliphatic carbocycles. The van der Waals surface area contributed by atoms with Crippen LogP contribution in [0.1, 0.15) is 27.3 Å². The van der Waals surface area contributed by atoms with Gasteiger partial charge in [-0.15, -0.1) is 0 Å². The van der Waals surface area contributed by atoms with Crippen LogP contribution in [0, 0.1) is 13.8 Å². The van der Waals surface area contributed by atoms with Crippen molar-refractivity contribution < 1.29 is 4.79 Å². The van der Waals surface area contributed by atoms with Crippen LogP contribution in [0.2, 0.25) is 0 Å². The van der Waals surface area contributed by atoms with Gasteiger partial charge in [0.2, 0.25) is 0 Å². The van der Waals surface area contributed by atoms with Crippen LogP contribution in [-0.4, -0.2) is 20.7 Å². The lowest BCUT2D eigenvalue weighted by Crippen LogP contribution is -2.04. The minimum atomic E-state index is -0.0748.